The first-order valence-corrected chi connectivity index (χ1v) is 27.2. The van der Waals surface area contributed by atoms with E-state index in [-0.39, 0.29) is 5.41 Å². The Kier molecular flexibility index (Phi) is 11.5. The highest BCUT2D eigenvalue weighted by atomic mass is 15.2. The summed E-state index contributed by atoms with van der Waals surface area (Å²) >= 11 is 0. The van der Waals surface area contributed by atoms with Crippen molar-refractivity contribution in [1.29, 1.82) is 0 Å². The minimum absolute atomic E-state index is 0.289. The summed E-state index contributed by atoms with van der Waals surface area (Å²) in [4.78, 5) is 4.98. The van der Waals surface area contributed by atoms with Crippen LogP contribution in [-0.4, -0.2) is 0 Å². The number of nitrogens with zero attached hydrogens (tertiary/aromatic N) is 2. The molecule has 2 heteroatoms. The summed E-state index contributed by atoms with van der Waals surface area (Å²) in [7, 11) is 0. The van der Waals surface area contributed by atoms with Crippen LogP contribution in [0.4, 0.5) is 34.1 Å². The summed E-state index contributed by atoms with van der Waals surface area (Å²) in [6.07, 6.45) is 0. The van der Waals surface area contributed by atoms with Crippen molar-refractivity contribution in [2.45, 2.75) is 24.7 Å². The molecule has 0 radical (unpaired) electrons. The molecule has 2 aliphatic carbocycles. The molecule has 0 unspecified atom stereocenters. The molecule has 12 aromatic carbocycles. The molecule has 0 atom stereocenters. The van der Waals surface area contributed by atoms with Crippen LogP contribution < -0.4 is 9.80 Å². The highest BCUT2D eigenvalue weighted by molar-refractivity contribution is 5.94. The summed E-state index contributed by atoms with van der Waals surface area (Å²) < 4.78 is 0. The van der Waals surface area contributed by atoms with Crippen molar-refractivity contribution in [3.05, 3.63) is 337 Å². The lowest BCUT2D eigenvalue weighted by molar-refractivity contribution is 0.661. The number of benzene rings is 12. The van der Waals surface area contributed by atoms with Gasteiger partial charge in [-0.25, -0.2) is 0 Å². The summed E-state index contributed by atoms with van der Waals surface area (Å²) in [5, 5.41) is 0. The van der Waals surface area contributed by atoms with E-state index < -0.39 is 5.41 Å². The number of hydrogen-bond donors (Lipinski definition) is 0. The number of fused-ring (bicyclic) bond motifs is 6. The molecule has 2 aliphatic rings. The maximum absolute atomic E-state index is 2.54. The smallest absolute Gasteiger partial charge is 0.0714 e. The van der Waals surface area contributed by atoms with Crippen molar-refractivity contribution < 1.29 is 0 Å². The Morgan fingerprint density at radius 1 is 0.244 bits per heavy atom. The van der Waals surface area contributed by atoms with E-state index in [1.165, 1.54) is 66.8 Å². The van der Waals surface area contributed by atoms with Gasteiger partial charge in [-0.15, -0.1) is 0 Å². The van der Waals surface area contributed by atoms with E-state index in [1.54, 1.807) is 0 Å². The first-order valence-electron chi connectivity index (χ1n) is 27.2. The third-order valence-electron chi connectivity index (χ3n) is 16.5. The first kappa shape index (κ1) is 46.7. The molecule has 2 nitrogen and oxygen atoms in total. The minimum Gasteiger partial charge on any atom is -0.310 e. The molecule has 0 aromatic heterocycles. The van der Waals surface area contributed by atoms with E-state index in [1.807, 2.05) is 0 Å². The van der Waals surface area contributed by atoms with Crippen molar-refractivity contribution in [1.82, 2.24) is 0 Å². The molecule has 0 fully saturated rings. The molecule has 370 valence electrons. The zero-order valence-corrected chi connectivity index (χ0v) is 43.8. The Hall–Kier alpha value is -9.76. The molecule has 0 N–H and O–H groups in total. The summed E-state index contributed by atoms with van der Waals surface area (Å²) in [5.41, 5.74) is 25.4. The molecule has 0 heterocycles. The Morgan fingerprint density at radius 2 is 0.654 bits per heavy atom. The van der Waals surface area contributed by atoms with Gasteiger partial charge in [-0.05, 0) is 156 Å². The van der Waals surface area contributed by atoms with Crippen molar-refractivity contribution in [3.8, 4) is 55.6 Å². The zero-order valence-electron chi connectivity index (χ0n) is 43.8. The largest absolute Gasteiger partial charge is 0.310 e. The molecular formula is C76H56N2. The maximum Gasteiger partial charge on any atom is 0.0714 e. The van der Waals surface area contributed by atoms with Gasteiger partial charge in [-0.2, -0.15) is 0 Å². The molecule has 14 rings (SSSR count). The summed E-state index contributed by atoms with van der Waals surface area (Å²) in [6, 6.07) is 112. The number of hydrogen-bond acceptors (Lipinski definition) is 2. The Bertz CT molecular complexity index is 4060. The number of rotatable bonds is 11. The predicted molar refractivity (Wildman–Crippen MR) is 327 cm³/mol. The van der Waals surface area contributed by atoms with Gasteiger partial charge in [0.2, 0.25) is 0 Å². The van der Waals surface area contributed by atoms with E-state index in [9.17, 15) is 0 Å². The van der Waals surface area contributed by atoms with Gasteiger partial charge in [-0.3, -0.25) is 0 Å². The van der Waals surface area contributed by atoms with E-state index in [0.29, 0.717) is 0 Å². The second-order valence-electron chi connectivity index (χ2n) is 21.2. The lowest BCUT2D eigenvalue weighted by atomic mass is 9.67. The summed E-state index contributed by atoms with van der Waals surface area (Å²) in [5.74, 6) is 0. The van der Waals surface area contributed by atoms with E-state index >= 15 is 0 Å². The molecule has 78 heavy (non-hydrogen) atoms. The molecule has 12 aromatic rings. The van der Waals surface area contributed by atoms with Gasteiger partial charge in [0.15, 0.2) is 0 Å². The fraction of sp³-hybridized carbons (Fsp3) is 0.0526. The molecule has 0 saturated carbocycles. The Morgan fingerprint density at radius 3 is 1.23 bits per heavy atom. The van der Waals surface area contributed by atoms with Crippen LogP contribution in [0.3, 0.4) is 0 Å². The van der Waals surface area contributed by atoms with Crippen molar-refractivity contribution in [2.75, 3.05) is 9.80 Å². The van der Waals surface area contributed by atoms with Gasteiger partial charge in [-0.1, -0.05) is 250 Å². The molecule has 0 bridgehead atoms. The highest BCUT2D eigenvalue weighted by Gasteiger charge is 2.46. The van der Waals surface area contributed by atoms with Gasteiger partial charge < -0.3 is 9.80 Å². The van der Waals surface area contributed by atoms with Crippen LogP contribution in [0.1, 0.15) is 47.2 Å². The predicted octanol–water partition coefficient (Wildman–Crippen LogP) is 20.3. The fourth-order valence-electron chi connectivity index (χ4n) is 13.0. The van der Waals surface area contributed by atoms with Gasteiger partial charge in [0, 0.05) is 33.9 Å². The van der Waals surface area contributed by atoms with Crippen LogP contribution in [0.15, 0.2) is 303 Å². The zero-order chi connectivity index (χ0) is 52.2. The van der Waals surface area contributed by atoms with Crippen LogP contribution >= 0.6 is 0 Å². The normalized spacial score (nSPS) is 13.2. The van der Waals surface area contributed by atoms with E-state index in [2.05, 4.69) is 327 Å². The first-order chi connectivity index (χ1) is 38.4. The number of anilines is 6. The van der Waals surface area contributed by atoms with Crippen LogP contribution in [0.2, 0.25) is 0 Å². The van der Waals surface area contributed by atoms with Crippen molar-refractivity contribution >= 4 is 34.1 Å². The van der Waals surface area contributed by atoms with Gasteiger partial charge >= 0.3 is 0 Å². The molecule has 0 amide bonds. The minimum atomic E-state index is -0.574. The monoisotopic (exact) mass is 996 g/mol. The highest BCUT2D eigenvalue weighted by Crippen LogP contribution is 2.58. The Balaban J connectivity index is 1.01. The van der Waals surface area contributed by atoms with Crippen molar-refractivity contribution in [2.24, 2.45) is 0 Å². The topological polar surface area (TPSA) is 6.48 Å². The van der Waals surface area contributed by atoms with Crippen LogP contribution in [0.5, 0.6) is 0 Å². The summed E-state index contributed by atoms with van der Waals surface area (Å²) in [6.45, 7) is 4.79. The van der Waals surface area contributed by atoms with E-state index in [0.717, 1.165) is 56.4 Å². The third kappa shape index (κ3) is 7.71. The van der Waals surface area contributed by atoms with Crippen LogP contribution in [0.25, 0.3) is 55.6 Å². The fourth-order valence-corrected chi connectivity index (χ4v) is 13.0. The average molecular weight is 997 g/mol. The van der Waals surface area contributed by atoms with Crippen LogP contribution in [-0.2, 0) is 10.8 Å². The molecule has 0 aliphatic heterocycles. The quantitative estimate of drug-likeness (QED) is 0.127. The Labute approximate surface area is 458 Å². The molecular weight excluding hydrogens is 941 g/mol. The SMILES string of the molecule is CC1(C)c2ccccc2-c2cccc(N(c3cccc(N(c4ccc(-c5ccccc5)cc4)c4cc(-c5ccccc5)cc(-c5ccccc5)c4)c3)c3cccc(C4(c5ccccc5)c5ccccc5-c5ccccc54)c3)c21. The third-order valence-corrected chi connectivity index (χ3v) is 16.5. The second-order valence-corrected chi connectivity index (χ2v) is 21.2. The lowest BCUT2D eigenvalue weighted by Crippen LogP contribution is -2.29. The lowest BCUT2D eigenvalue weighted by Gasteiger charge is -2.36. The average Bonchev–Trinajstić information content (AvgIpc) is 4.06. The standard InChI is InChI=1S/C76H56N2/c1-75(2)70-40-18-15-38-68(70)69-39-23-43-73(74(69)75)78(62-33-21-32-60(51-62)76(59-30-13-6-14-31-59)71-41-19-16-36-66(71)67-37-17-20-42-72(67)76)64-35-22-34-63(52-64)77(61-46-44-56(45-47-61)53-24-7-3-8-25-53)65-49-57(54-26-9-4-10-27-54)48-58(50-65)55-28-11-5-12-29-55/h3-52H,1-2H3. The van der Waals surface area contributed by atoms with Gasteiger partial charge in [0.05, 0.1) is 11.1 Å². The molecule has 0 spiro atoms. The van der Waals surface area contributed by atoms with E-state index in [4.69, 9.17) is 0 Å². The second kappa shape index (κ2) is 19.1. The van der Waals surface area contributed by atoms with Gasteiger partial charge in [0.25, 0.3) is 0 Å². The van der Waals surface area contributed by atoms with Crippen LogP contribution in [0, 0.1) is 0 Å². The van der Waals surface area contributed by atoms with Gasteiger partial charge in [0.1, 0.15) is 0 Å². The maximum atomic E-state index is 2.54. The van der Waals surface area contributed by atoms with Crippen molar-refractivity contribution in [3.63, 3.8) is 0 Å². The molecule has 0 saturated heterocycles.